The minimum Gasteiger partial charge on any atom is -0.478 e. The SMILES string of the molecule is O=C(O)c1cccc(NC(=O)c2cc(C3CC3)[nH]n2)c1. The van der Waals surface area contributed by atoms with Gasteiger partial charge in [-0.3, -0.25) is 9.89 Å². The number of aromatic amines is 1. The number of nitrogens with zero attached hydrogens (tertiary/aromatic N) is 1. The molecule has 0 bridgehead atoms. The summed E-state index contributed by atoms with van der Waals surface area (Å²) in [5.74, 6) is -0.882. The molecule has 0 atom stereocenters. The van der Waals surface area contributed by atoms with E-state index in [9.17, 15) is 9.59 Å². The van der Waals surface area contributed by atoms with Gasteiger partial charge in [0.15, 0.2) is 5.69 Å². The van der Waals surface area contributed by atoms with Crippen LogP contribution in [-0.4, -0.2) is 27.2 Å². The summed E-state index contributed by atoms with van der Waals surface area (Å²) in [5.41, 5.74) is 1.86. The summed E-state index contributed by atoms with van der Waals surface area (Å²) in [6, 6.07) is 7.85. The number of amides is 1. The maximum Gasteiger partial charge on any atom is 0.335 e. The highest BCUT2D eigenvalue weighted by Gasteiger charge is 2.26. The molecule has 0 spiro atoms. The summed E-state index contributed by atoms with van der Waals surface area (Å²) in [4.78, 5) is 22.9. The lowest BCUT2D eigenvalue weighted by Gasteiger charge is -2.03. The van der Waals surface area contributed by atoms with Crippen molar-refractivity contribution in [2.45, 2.75) is 18.8 Å². The van der Waals surface area contributed by atoms with Crippen molar-refractivity contribution in [3.8, 4) is 0 Å². The van der Waals surface area contributed by atoms with E-state index < -0.39 is 5.97 Å². The van der Waals surface area contributed by atoms with Gasteiger partial charge >= 0.3 is 5.97 Å². The van der Waals surface area contributed by atoms with Crippen LogP contribution in [-0.2, 0) is 0 Å². The minimum atomic E-state index is -1.03. The first-order chi connectivity index (χ1) is 9.63. The Kier molecular flexibility index (Phi) is 2.98. The van der Waals surface area contributed by atoms with Crippen LogP contribution < -0.4 is 5.32 Å². The second kappa shape index (κ2) is 4.80. The van der Waals surface area contributed by atoms with E-state index in [0.717, 1.165) is 18.5 Å². The molecule has 3 rings (SSSR count). The maximum atomic E-state index is 12.0. The first-order valence-corrected chi connectivity index (χ1v) is 6.33. The molecule has 6 nitrogen and oxygen atoms in total. The Bertz CT molecular complexity index is 674. The van der Waals surface area contributed by atoms with E-state index >= 15 is 0 Å². The van der Waals surface area contributed by atoms with Crippen LogP contribution in [0.1, 0.15) is 45.3 Å². The molecule has 102 valence electrons. The van der Waals surface area contributed by atoms with Gasteiger partial charge in [-0.25, -0.2) is 4.79 Å². The number of hydrogen-bond donors (Lipinski definition) is 3. The number of H-pyrrole nitrogens is 1. The lowest BCUT2D eigenvalue weighted by atomic mass is 10.2. The van der Waals surface area contributed by atoms with Crippen molar-refractivity contribution in [3.05, 3.63) is 47.3 Å². The van der Waals surface area contributed by atoms with Gasteiger partial charge in [-0.2, -0.15) is 5.10 Å². The van der Waals surface area contributed by atoms with Crippen molar-refractivity contribution in [3.63, 3.8) is 0 Å². The molecule has 0 radical (unpaired) electrons. The molecule has 6 heteroatoms. The summed E-state index contributed by atoms with van der Waals surface area (Å²) in [6.45, 7) is 0. The van der Waals surface area contributed by atoms with Crippen LogP contribution in [0.25, 0.3) is 0 Å². The molecule has 1 aromatic carbocycles. The predicted octanol–water partition coefficient (Wildman–Crippen LogP) is 2.24. The molecule has 3 N–H and O–H groups in total. The van der Waals surface area contributed by atoms with E-state index in [1.165, 1.54) is 12.1 Å². The summed E-state index contributed by atoms with van der Waals surface area (Å²) < 4.78 is 0. The largest absolute Gasteiger partial charge is 0.478 e. The predicted molar refractivity (Wildman–Crippen MR) is 71.9 cm³/mol. The second-order valence-electron chi connectivity index (χ2n) is 4.82. The monoisotopic (exact) mass is 271 g/mol. The topological polar surface area (TPSA) is 95.1 Å². The molecule has 1 aliphatic rings. The average Bonchev–Trinajstić information content (AvgIpc) is 3.16. The number of carbonyl (C=O) groups excluding carboxylic acids is 1. The van der Waals surface area contributed by atoms with Gasteiger partial charge in [0.2, 0.25) is 0 Å². The lowest BCUT2D eigenvalue weighted by Crippen LogP contribution is -2.12. The Morgan fingerprint density at radius 3 is 2.80 bits per heavy atom. The smallest absolute Gasteiger partial charge is 0.335 e. The van der Waals surface area contributed by atoms with Crippen LogP contribution in [0.5, 0.6) is 0 Å². The van der Waals surface area contributed by atoms with Crippen LogP contribution in [0.2, 0.25) is 0 Å². The molecule has 0 saturated heterocycles. The number of aromatic carboxylic acids is 1. The van der Waals surface area contributed by atoms with E-state index in [0.29, 0.717) is 17.3 Å². The number of carboxylic acids is 1. The van der Waals surface area contributed by atoms with Crippen LogP contribution in [0.4, 0.5) is 5.69 Å². The first-order valence-electron chi connectivity index (χ1n) is 6.33. The molecular formula is C14H13N3O3. The van der Waals surface area contributed by atoms with E-state index in [1.807, 2.05) is 0 Å². The third kappa shape index (κ3) is 2.54. The summed E-state index contributed by atoms with van der Waals surface area (Å²) in [5, 5.41) is 18.4. The number of carboxylic acid groups (broad SMARTS) is 1. The molecule has 1 aromatic heterocycles. The van der Waals surface area contributed by atoms with Gasteiger partial charge in [-0.1, -0.05) is 6.07 Å². The Balaban J connectivity index is 1.74. The fraction of sp³-hybridized carbons (Fsp3) is 0.214. The van der Waals surface area contributed by atoms with Crippen molar-refractivity contribution in [2.24, 2.45) is 0 Å². The average molecular weight is 271 g/mol. The summed E-state index contributed by atoms with van der Waals surface area (Å²) >= 11 is 0. The van der Waals surface area contributed by atoms with Crippen molar-refractivity contribution < 1.29 is 14.7 Å². The van der Waals surface area contributed by atoms with Gasteiger partial charge < -0.3 is 10.4 Å². The van der Waals surface area contributed by atoms with Crippen molar-refractivity contribution in [1.29, 1.82) is 0 Å². The van der Waals surface area contributed by atoms with Gasteiger partial charge in [0, 0.05) is 17.3 Å². The minimum absolute atomic E-state index is 0.128. The normalized spacial score (nSPS) is 14.0. The van der Waals surface area contributed by atoms with Crippen molar-refractivity contribution >= 4 is 17.6 Å². The van der Waals surface area contributed by atoms with Crippen molar-refractivity contribution in [1.82, 2.24) is 10.2 Å². The molecule has 1 fully saturated rings. The van der Waals surface area contributed by atoms with E-state index in [2.05, 4.69) is 15.5 Å². The number of benzene rings is 1. The molecule has 20 heavy (non-hydrogen) atoms. The highest BCUT2D eigenvalue weighted by atomic mass is 16.4. The molecule has 1 heterocycles. The van der Waals surface area contributed by atoms with Crippen LogP contribution in [0.3, 0.4) is 0 Å². The van der Waals surface area contributed by atoms with Gasteiger partial charge in [0.25, 0.3) is 5.91 Å². The van der Waals surface area contributed by atoms with E-state index in [1.54, 1.807) is 18.2 Å². The van der Waals surface area contributed by atoms with Crippen LogP contribution >= 0.6 is 0 Å². The number of hydrogen-bond acceptors (Lipinski definition) is 3. The number of anilines is 1. The zero-order valence-electron chi connectivity index (χ0n) is 10.6. The number of carbonyl (C=O) groups is 2. The fourth-order valence-electron chi connectivity index (χ4n) is 1.98. The van der Waals surface area contributed by atoms with Crippen LogP contribution in [0, 0.1) is 0 Å². The lowest BCUT2D eigenvalue weighted by molar-refractivity contribution is 0.0696. The van der Waals surface area contributed by atoms with Crippen LogP contribution in [0.15, 0.2) is 30.3 Å². The molecule has 0 unspecified atom stereocenters. The molecule has 1 amide bonds. The number of aromatic nitrogens is 2. The maximum absolute atomic E-state index is 12.0. The van der Waals surface area contributed by atoms with Crippen molar-refractivity contribution in [2.75, 3.05) is 5.32 Å². The molecule has 1 aliphatic carbocycles. The fourth-order valence-corrected chi connectivity index (χ4v) is 1.98. The quantitative estimate of drug-likeness (QED) is 0.794. The number of rotatable bonds is 4. The van der Waals surface area contributed by atoms with Gasteiger partial charge in [-0.15, -0.1) is 0 Å². The highest BCUT2D eigenvalue weighted by Crippen LogP contribution is 2.39. The third-order valence-electron chi connectivity index (χ3n) is 3.21. The van der Waals surface area contributed by atoms with Gasteiger partial charge in [-0.05, 0) is 37.1 Å². The Labute approximate surface area is 114 Å². The first kappa shape index (κ1) is 12.4. The molecule has 0 aliphatic heterocycles. The Hall–Kier alpha value is -2.63. The summed E-state index contributed by atoms with van der Waals surface area (Å²) in [7, 11) is 0. The number of nitrogens with one attached hydrogen (secondary N) is 2. The standard InChI is InChI=1S/C14H13N3O3/c18-13(12-7-11(16-17-12)8-4-5-8)15-10-3-1-2-9(6-10)14(19)20/h1-3,6-8H,4-5H2,(H,15,18)(H,16,17)(H,19,20). The van der Waals surface area contributed by atoms with Gasteiger partial charge in [0.1, 0.15) is 0 Å². The molecule has 2 aromatic rings. The highest BCUT2D eigenvalue weighted by molar-refractivity contribution is 6.03. The Morgan fingerprint density at radius 1 is 1.30 bits per heavy atom. The molecule has 1 saturated carbocycles. The molecular weight excluding hydrogens is 258 g/mol. The Morgan fingerprint density at radius 2 is 2.10 bits per heavy atom. The zero-order chi connectivity index (χ0) is 14.1. The van der Waals surface area contributed by atoms with E-state index in [-0.39, 0.29) is 11.5 Å². The zero-order valence-corrected chi connectivity index (χ0v) is 10.6. The van der Waals surface area contributed by atoms with Gasteiger partial charge in [0.05, 0.1) is 5.56 Å². The van der Waals surface area contributed by atoms with E-state index in [4.69, 9.17) is 5.11 Å². The second-order valence-corrected chi connectivity index (χ2v) is 4.82. The third-order valence-corrected chi connectivity index (χ3v) is 3.21. The summed E-state index contributed by atoms with van der Waals surface area (Å²) in [6.07, 6.45) is 2.26.